The summed E-state index contributed by atoms with van der Waals surface area (Å²) in [5.41, 5.74) is 8.51. The van der Waals surface area contributed by atoms with Gasteiger partial charge in [0.1, 0.15) is 8.07 Å². The Morgan fingerprint density at radius 3 is 2.16 bits per heavy atom. The zero-order valence-corrected chi connectivity index (χ0v) is 21.5. The van der Waals surface area contributed by atoms with E-state index in [4.69, 9.17) is 14.5 Å². The predicted octanol–water partition coefficient (Wildman–Crippen LogP) is 7.10. The molecule has 32 heavy (non-hydrogen) atoms. The lowest BCUT2D eigenvalue weighted by molar-refractivity contribution is -0.0431. The van der Waals surface area contributed by atoms with Crippen LogP contribution < -0.4 is 9.47 Å². The van der Waals surface area contributed by atoms with Crippen molar-refractivity contribution in [1.82, 2.24) is 9.55 Å². The first-order chi connectivity index (χ1) is 15.0. The van der Waals surface area contributed by atoms with Gasteiger partial charge in [0, 0.05) is 19.9 Å². The Balaban J connectivity index is 1.90. The molecule has 0 fully saturated rings. The van der Waals surface area contributed by atoms with Gasteiger partial charge >= 0.3 is 0 Å². The van der Waals surface area contributed by atoms with Crippen LogP contribution in [0.5, 0.6) is 11.5 Å². The van der Waals surface area contributed by atoms with Crippen molar-refractivity contribution in [2.75, 3.05) is 0 Å². The molecular formula is C27H34N2O2Si. The third-order valence-electron chi connectivity index (χ3n) is 6.71. The van der Waals surface area contributed by atoms with Crippen LogP contribution in [0.2, 0.25) is 16.6 Å². The van der Waals surface area contributed by atoms with E-state index in [9.17, 15) is 0 Å². The normalized spacial score (nSPS) is 15.0. The molecule has 0 amide bonds. The van der Waals surface area contributed by atoms with Gasteiger partial charge in [0.25, 0.3) is 0 Å². The highest BCUT2D eigenvalue weighted by Gasteiger charge is 2.42. The molecule has 0 bridgehead atoms. The first kappa shape index (κ1) is 22.5. The second kappa shape index (κ2) is 8.01. The van der Waals surface area contributed by atoms with Crippen molar-refractivity contribution < 1.29 is 9.47 Å². The van der Waals surface area contributed by atoms with E-state index >= 15 is 0 Å². The van der Waals surface area contributed by atoms with Gasteiger partial charge in [-0.2, -0.15) is 0 Å². The molecule has 0 N–H and O–H groups in total. The van der Waals surface area contributed by atoms with Crippen LogP contribution in [-0.2, 0) is 0 Å². The first-order valence-corrected chi connectivity index (χ1v) is 13.8. The van der Waals surface area contributed by atoms with Crippen molar-refractivity contribution in [2.24, 2.45) is 0 Å². The predicted molar refractivity (Wildman–Crippen MR) is 134 cm³/mol. The highest BCUT2D eigenvalue weighted by Crippen LogP contribution is 2.42. The molecule has 0 unspecified atom stereocenters. The number of ether oxygens (including phenoxy) is 2. The Hall–Kier alpha value is -2.71. The van der Waals surface area contributed by atoms with E-state index < -0.39 is 13.9 Å². The van der Waals surface area contributed by atoms with Crippen LogP contribution in [0.25, 0.3) is 16.7 Å². The van der Waals surface area contributed by atoms with Crippen molar-refractivity contribution in [1.29, 1.82) is 0 Å². The molecule has 1 aromatic heterocycles. The van der Waals surface area contributed by atoms with Gasteiger partial charge in [0.05, 0.1) is 16.7 Å². The minimum Gasteiger partial charge on any atom is -0.449 e. The first-order valence-electron chi connectivity index (χ1n) is 11.6. The molecule has 4 rings (SSSR count). The van der Waals surface area contributed by atoms with Gasteiger partial charge in [-0.3, -0.25) is 4.57 Å². The van der Waals surface area contributed by atoms with Gasteiger partial charge in [-0.25, -0.2) is 4.98 Å². The Morgan fingerprint density at radius 1 is 0.875 bits per heavy atom. The van der Waals surface area contributed by atoms with Gasteiger partial charge in [-0.1, -0.05) is 53.7 Å². The molecule has 0 saturated carbocycles. The van der Waals surface area contributed by atoms with E-state index in [0.29, 0.717) is 16.6 Å². The van der Waals surface area contributed by atoms with Crippen molar-refractivity contribution >= 4 is 19.1 Å². The van der Waals surface area contributed by atoms with Crippen molar-refractivity contribution in [3.8, 4) is 28.7 Å². The summed E-state index contributed by atoms with van der Waals surface area (Å²) >= 11 is 0. The third kappa shape index (κ3) is 3.71. The van der Waals surface area contributed by atoms with Crippen molar-refractivity contribution in [2.45, 2.75) is 77.8 Å². The summed E-state index contributed by atoms with van der Waals surface area (Å²) in [7, 11) is -1.88. The van der Waals surface area contributed by atoms with Gasteiger partial charge in [-0.15, -0.1) is 5.54 Å². The number of para-hydroxylation sites is 2. The van der Waals surface area contributed by atoms with Gasteiger partial charge < -0.3 is 9.47 Å². The molecule has 0 saturated heterocycles. The molecule has 5 heteroatoms. The van der Waals surface area contributed by atoms with Crippen LogP contribution in [0.4, 0.5) is 0 Å². The van der Waals surface area contributed by atoms with Crippen LogP contribution in [0, 0.1) is 11.5 Å². The summed E-state index contributed by atoms with van der Waals surface area (Å²) in [6.45, 7) is 17.9. The summed E-state index contributed by atoms with van der Waals surface area (Å²) in [6.07, 6.45) is 0. The van der Waals surface area contributed by atoms with E-state index in [2.05, 4.69) is 69.7 Å². The highest BCUT2D eigenvalue weighted by molar-refractivity contribution is 6.90. The second-order valence-electron chi connectivity index (χ2n) is 10.1. The fourth-order valence-corrected chi connectivity index (χ4v) is 10.5. The summed E-state index contributed by atoms with van der Waals surface area (Å²) in [4.78, 5) is 4.93. The number of hydrogen-bond donors (Lipinski definition) is 0. The molecule has 0 radical (unpaired) electrons. The second-order valence-corrected chi connectivity index (χ2v) is 15.7. The topological polar surface area (TPSA) is 36.3 Å². The molecule has 168 valence electrons. The molecule has 3 aromatic rings. The minimum atomic E-state index is -1.88. The third-order valence-corrected chi connectivity index (χ3v) is 13.0. The number of imidazole rings is 1. The Kier molecular flexibility index (Phi) is 5.62. The Morgan fingerprint density at radius 2 is 1.50 bits per heavy atom. The van der Waals surface area contributed by atoms with Crippen molar-refractivity contribution in [3.63, 3.8) is 0 Å². The van der Waals surface area contributed by atoms with Crippen LogP contribution in [-0.4, -0.2) is 23.4 Å². The summed E-state index contributed by atoms with van der Waals surface area (Å²) in [5.74, 6) is 5.20. The number of benzene rings is 2. The van der Waals surface area contributed by atoms with E-state index in [1.54, 1.807) is 0 Å². The van der Waals surface area contributed by atoms with Crippen molar-refractivity contribution in [3.05, 3.63) is 48.3 Å². The lowest BCUT2D eigenvalue weighted by Crippen LogP contribution is -2.43. The largest absolute Gasteiger partial charge is 0.449 e. The molecule has 2 aromatic carbocycles. The number of rotatable bonds is 4. The molecule has 1 aliphatic rings. The van der Waals surface area contributed by atoms with E-state index in [0.717, 1.165) is 34.0 Å². The fourth-order valence-electron chi connectivity index (χ4n) is 5.32. The Bertz CT molecular complexity index is 1190. The lowest BCUT2D eigenvalue weighted by atomic mass is 10.2. The molecule has 4 nitrogen and oxygen atoms in total. The zero-order chi connectivity index (χ0) is 23.3. The summed E-state index contributed by atoms with van der Waals surface area (Å²) < 4.78 is 14.0. The summed E-state index contributed by atoms with van der Waals surface area (Å²) in [5, 5.41) is 0. The smallest absolute Gasteiger partial charge is 0.246 e. The summed E-state index contributed by atoms with van der Waals surface area (Å²) in [6, 6.07) is 14.3. The maximum Gasteiger partial charge on any atom is 0.246 e. The molecule has 0 spiro atoms. The number of hydrogen-bond acceptors (Lipinski definition) is 3. The zero-order valence-electron chi connectivity index (χ0n) is 20.5. The minimum absolute atomic E-state index is 0.570. The SMILES string of the molecule is CC(C)[Si](C#Cc1nc2ccccc2n1-c1ccc2c(c1)OC(C)(C)O2)(C(C)C)C(C)C. The average Bonchev–Trinajstić information content (AvgIpc) is 3.22. The van der Waals surface area contributed by atoms with E-state index in [1.807, 2.05) is 44.2 Å². The maximum absolute atomic E-state index is 6.01. The van der Waals surface area contributed by atoms with Gasteiger partial charge in [0.2, 0.25) is 5.79 Å². The quantitative estimate of drug-likeness (QED) is 0.317. The monoisotopic (exact) mass is 446 g/mol. The molecule has 1 aliphatic heterocycles. The van der Waals surface area contributed by atoms with Crippen LogP contribution in [0.3, 0.4) is 0 Å². The molecule has 0 atom stereocenters. The van der Waals surface area contributed by atoms with Crippen LogP contribution in [0.15, 0.2) is 42.5 Å². The average molecular weight is 447 g/mol. The molecular weight excluding hydrogens is 412 g/mol. The lowest BCUT2D eigenvalue weighted by Gasteiger charge is -2.38. The van der Waals surface area contributed by atoms with E-state index in [1.165, 1.54) is 0 Å². The van der Waals surface area contributed by atoms with Gasteiger partial charge in [-0.05, 0) is 46.8 Å². The number of aromatic nitrogens is 2. The number of nitrogens with zero attached hydrogens (tertiary/aromatic N) is 2. The maximum atomic E-state index is 6.01. The van der Waals surface area contributed by atoms with Crippen LogP contribution in [0.1, 0.15) is 61.2 Å². The highest BCUT2D eigenvalue weighted by atomic mass is 28.3. The molecule has 0 aliphatic carbocycles. The molecule has 2 heterocycles. The fraction of sp³-hybridized carbons (Fsp3) is 0.444. The van der Waals surface area contributed by atoms with Gasteiger partial charge in [0.15, 0.2) is 17.3 Å². The standard InChI is InChI=1S/C27H34N2O2Si/c1-18(2)32(19(3)4,20(5)6)16-15-26-28-22-11-9-10-12-23(22)29(26)21-13-14-24-25(17-21)31-27(7,8)30-24/h9-14,17-20H,1-8H3. The van der Waals surface area contributed by atoms with E-state index in [-0.39, 0.29) is 0 Å². The van der Waals surface area contributed by atoms with Crippen LogP contribution >= 0.6 is 0 Å². The number of fused-ring (bicyclic) bond motifs is 2. The Labute approximate surface area is 193 Å².